The van der Waals surface area contributed by atoms with Crippen molar-refractivity contribution in [2.75, 3.05) is 5.32 Å². The third-order valence-corrected chi connectivity index (χ3v) is 4.01. The maximum Gasteiger partial charge on any atom is 0.265 e. The van der Waals surface area contributed by atoms with Gasteiger partial charge < -0.3 is 14.5 Å². The molecule has 0 saturated heterocycles. The average molecular weight is 320 g/mol. The van der Waals surface area contributed by atoms with E-state index in [1.807, 2.05) is 48.5 Å². The van der Waals surface area contributed by atoms with Crippen LogP contribution < -0.4 is 10.1 Å². The molecule has 0 spiro atoms. The van der Waals surface area contributed by atoms with Crippen molar-refractivity contribution in [2.45, 2.75) is 19.4 Å². The quantitative estimate of drug-likeness (QED) is 0.801. The molecule has 120 valence electrons. The lowest BCUT2D eigenvalue weighted by molar-refractivity contribution is -0.122. The molecule has 0 fully saturated rings. The zero-order chi connectivity index (χ0) is 16.5. The number of hydrogen-bond acceptors (Lipinski definition) is 4. The molecule has 0 saturated carbocycles. The van der Waals surface area contributed by atoms with Gasteiger partial charge in [-0.1, -0.05) is 30.3 Å². The lowest BCUT2D eigenvalue weighted by Gasteiger charge is -2.11. The van der Waals surface area contributed by atoms with Crippen molar-refractivity contribution in [3.63, 3.8) is 0 Å². The summed E-state index contributed by atoms with van der Waals surface area (Å²) in [7, 11) is 0. The fourth-order valence-corrected chi connectivity index (χ4v) is 2.77. The highest BCUT2D eigenvalue weighted by atomic mass is 16.5. The number of fused-ring (bicyclic) bond motifs is 1. The molecule has 2 aromatic carbocycles. The van der Waals surface area contributed by atoms with E-state index in [9.17, 15) is 4.79 Å². The Bertz CT molecular complexity index is 859. The number of ether oxygens (including phenoxy) is 1. The zero-order valence-electron chi connectivity index (χ0n) is 13.2. The van der Waals surface area contributed by atoms with Gasteiger partial charge in [0.2, 0.25) is 0 Å². The van der Waals surface area contributed by atoms with Crippen LogP contribution in [0.4, 0.5) is 5.69 Å². The van der Waals surface area contributed by atoms with Crippen molar-refractivity contribution in [1.82, 2.24) is 4.98 Å². The van der Waals surface area contributed by atoms with Gasteiger partial charge in [0, 0.05) is 24.6 Å². The number of benzene rings is 2. The first-order valence-electron chi connectivity index (χ1n) is 7.77. The van der Waals surface area contributed by atoms with E-state index in [1.54, 1.807) is 13.2 Å². The molecule has 3 aromatic rings. The summed E-state index contributed by atoms with van der Waals surface area (Å²) in [4.78, 5) is 16.7. The number of amides is 1. The van der Waals surface area contributed by atoms with Crippen LogP contribution in [0.2, 0.25) is 0 Å². The minimum Gasteiger partial charge on any atom is -0.480 e. The van der Waals surface area contributed by atoms with Gasteiger partial charge in [-0.2, -0.15) is 0 Å². The van der Waals surface area contributed by atoms with Crippen molar-refractivity contribution in [2.24, 2.45) is 0 Å². The highest BCUT2D eigenvalue weighted by molar-refractivity contribution is 5.95. The van der Waals surface area contributed by atoms with Crippen LogP contribution in [-0.4, -0.2) is 17.0 Å². The lowest BCUT2D eigenvalue weighted by atomic mass is 10.1. The van der Waals surface area contributed by atoms with Crippen molar-refractivity contribution in [3.8, 4) is 17.0 Å². The fourth-order valence-electron chi connectivity index (χ4n) is 2.77. The molecule has 24 heavy (non-hydrogen) atoms. The van der Waals surface area contributed by atoms with Crippen molar-refractivity contribution >= 4 is 11.6 Å². The normalized spacial score (nSPS) is 15.6. The minimum atomic E-state index is -0.486. The second-order valence-electron chi connectivity index (χ2n) is 5.74. The van der Waals surface area contributed by atoms with Crippen LogP contribution in [0.1, 0.15) is 11.5 Å². The van der Waals surface area contributed by atoms with E-state index in [1.165, 1.54) is 0 Å². The Morgan fingerprint density at radius 1 is 1.17 bits per heavy atom. The Labute approximate surface area is 139 Å². The molecule has 4 rings (SSSR count). The summed E-state index contributed by atoms with van der Waals surface area (Å²) in [5, 5.41) is 2.89. The number of para-hydroxylation sites is 1. The van der Waals surface area contributed by atoms with Gasteiger partial charge in [0.15, 0.2) is 12.0 Å². The monoisotopic (exact) mass is 320 g/mol. The van der Waals surface area contributed by atoms with Gasteiger partial charge in [-0.05, 0) is 23.8 Å². The maximum atomic E-state index is 12.4. The zero-order valence-corrected chi connectivity index (χ0v) is 13.2. The molecule has 1 aliphatic heterocycles. The molecule has 1 amide bonds. The molecule has 0 radical (unpaired) electrons. The van der Waals surface area contributed by atoms with E-state index in [4.69, 9.17) is 9.15 Å². The summed E-state index contributed by atoms with van der Waals surface area (Å²) >= 11 is 0. The number of anilines is 1. The van der Waals surface area contributed by atoms with E-state index in [0.29, 0.717) is 12.3 Å². The predicted octanol–water partition coefficient (Wildman–Crippen LogP) is 3.59. The van der Waals surface area contributed by atoms with E-state index in [-0.39, 0.29) is 5.91 Å². The SMILES string of the molecule is Cc1nc(-c2ccc(NC(=O)[C@H]3Cc4ccccc4O3)cc2)co1. The molecule has 5 nitrogen and oxygen atoms in total. The van der Waals surface area contributed by atoms with Gasteiger partial charge >= 0.3 is 0 Å². The Morgan fingerprint density at radius 2 is 1.96 bits per heavy atom. The first-order valence-corrected chi connectivity index (χ1v) is 7.77. The first-order chi connectivity index (χ1) is 11.7. The Morgan fingerprint density at radius 3 is 2.67 bits per heavy atom. The van der Waals surface area contributed by atoms with Gasteiger partial charge in [-0.25, -0.2) is 4.98 Å². The topological polar surface area (TPSA) is 64.4 Å². The number of hydrogen-bond donors (Lipinski definition) is 1. The molecule has 0 unspecified atom stereocenters. The van der Waals surface area contributed by atoms with E-state index in [2.05, 4.69) is 10.3 Å². The molecule has 1 N–H and O–H groups in total. The Balaban J connectivity index is 1.43. The summed E-state index contributed by atoms with van der Waals surface area (Å²) in [5.74, 6) is 1.27. The minimum absolute atomic E-state index is 0.142. The smallest absolute Gasteiger partial charge is 0.265 e. The molecule has 1 atom stereocenters. The molecule has 1 aromatic heterocycles. The van der Waals surface area contributed by atoms with Crippen LogP contribution in [0.15, 0.2) is 59.2 Å². The van der Waals surface area contributed by atoms with Crippen molar-refractivity contribution < 1.29 is 13.9 Å². The Kier molecular flexibility index (Phi) is 3.54. The predicted molar refractivity (Wildman–Crippen MR) is 89.9 cm³/mol. The van der Waals surface area contributed by atoms with Crippen molar-refractivity contribution in [3.05, 3.63) is 66.2 Å². The largest absolute Gasteiger partial charge is 0.480 e. The van der Waals surface area contributed by atoms with E-state index < -0.39 is 6.10 Å². The number of aromatic nitrogens is 1. The van der Waals surface area contributed by atoms with Crippen LogP contribution in [0, 0.1) is 6.92 Å². The van der Waals surface area contributed by atoms with Gasteiger partial charge in [-0.3, -0.25) is 4.79 Å². The van der Waals surface area contributed by atoms with Crippen LogP contribution in [0.5, 0.6) is 5.75 Å². The maximum absolute atomic E-state index is 12.4. The highest BCUT2D eigenvalue weighted by Crippen LogP contribution is 2.29. The van der Waals surface area contributed by atoms with Gasteiger partial charge in [0.05, 0.1) is 0 Å². The number of oxazole rings is 1. The molecular formula is C19H16N2O3. The summed E-state index contributed by atoms with van der Waals surface area (Å²) in [6.07, 6.45) is 1.73. The molecule has 0 bridgehead atoms. The van der Waals surface area contributed by atoms with Crippen LogP contribution in [0.25, 0.3) is 11.3 Å². The second kappa shape index (κ2) is 5.85. The van der Waals surface area contributed by atoms with Gasteiger partial charge in [-0.15, -0.1) is 0 Å². The molecule has 2 heterocycles. The number of nitrogens with one attached hydrogen (secondary N) is 1. The van der Waals surface area contributed by atoms with E-state index >= 15 is 0 Å². The lowest BCUT2D eigenvalue weighted by Crippen LogP contribution is -2.31. The highest BCUT2D eigenvalue weighted by Gasteiger charge is 2.28. The van der Waals surface area contributed by atoms with E-state index in [0.717, 1.165) is 28.3 Å². The standard InChI is InChI=1S/C19H16N2O3/c1-12-20-16(11-23-12)13-6-8-15(9-7-13)21-19(22)18-10-14-4-2-3-5-17(14)24-18/h2-9,11,18H,10H2,1H3,(H,21,22)/t18-/m1/s1. The van der Waals surface area contributed by atoms with Crippen LogP contribution in [0.3, 0.4) is 0 Å². The van der Waals surface area contributed by atoms with Crippen molar-refractivity contribution in [1.29, 1.82) is 0 Å². The molecule has 0 aliphatic carbocycles. The first kappa shape index (κ1) is 14.5. The third-order valence-electron chi connectivity index (χ3n) is 4.01. The fraction of sp³-hybridized carbons (Fsp3) is 0.158. The Hall–Kier alpha value is -3.08. The van der Waals surface area contributed by atoms with Gasteiger partial charge in [0.25, 0.3) is 5.91 Å². The summed E-state index contributed by atoms with van der Waals surface area (Å²) in [5.41, 5.74) is 3.51. The number of carbonyl (C=O) groups excluding carboxylic acids is 1. The third kappa shape index (κ3) is 2.76. The second-order valence-corrected chi connectivity index (χ2v) is 5.74. The van der Waals surface area contributed by atoms with Crippen LogP contribution in [-0.2, 0) is 11.2 Å². The summed E-state index contributed by atoms with van der Waals surface area (Å²) in [6.45, 7) is 1.80. The van der Waals surface area contributed by atoms with Crippen LogP contribution >= 0.6 is 0 Å². The number of carbonyl (C=O) groups is 1. The molecule has 5 heteroatoms. The number of rotatable bonds is 3. The average Bonchev–Trinajstić information content (AvgIpc) is 3.21. The summed E-state index contributed by atoms with van der Waals surface area (Å²) in [6, 6.07) is 15.2. The molecular weight excluding hydrogens is 304 g/mol. The molecule has 1 aliphatic rings. The summed E-state index contributed by atoms with van der Waals surface area (Å²) < 4.78 is 10.9. The number of aryl methyl sites for hydroxylation is 1. The number of nitrogens with zero attached hydrogens (tertiary/aromatic N) is 1. The van der Waals surface area contributed by atoms with Gasteiger partial charge in [0.1, 0.15) is 17.7 Å².